The van der Waals surface area contributed by atoms with E-state index in [1.165, 1.54) is 11.8 Å². The second-order valence-corrected chi connectivity index (χ2v) is 5.43. The number of nitrogens with one attached hydrogen (secondary N) is 1. The second kappa shape index (κ2) is 7.12. The Bertz CT molecular complexity index is 627. The van der Waals surface area contributed by atoms with Crippen LogP contribution in [0.2, 0.25) is 0 Å². The number of hydrogen-bond donors (Lipinski definition) is 1. The molecule has 0 saturated carbocycles. The lowest BCUT2D eigenvalue weighted by Crippen LogP contribution is -2.24. The molecule has 2 aromatic rings. The fraction of sp³-hybridized carbons (Fsp3) is 0.357. The monoisotopic (exact) mass is 306 g/mol. The summed E-state index contributed by atoms with van der Waals surface area (Å²) < 4.78 is 7.00. The molecule has 0 bridgehead atoms. The number of aromatic nitrogens is 3. The number of rotatable bonds is 6. The van der Waals surface area contributed by atoms with Gasteiger partial charge in [-0.25, -0.2) is 4.68 Å². The van der Waals surface area contributed by atoms with Gasteiger partial charge in [0.05, 0.1) is 6.61 Å². The Labute approximate surface area is 127 Å². The van der Waals surface area contributed by atoms with Crippen molar-refractivity contribution in [2.45, 2.75) is 25.9 Å². The van der Waals surface area contributed by atoms with E-state index in [4.69, 9.17) is 4.74 Å². The van der Waals surface area contributed by atoms with Crippen LogP contribution < -0.4 is 10.2 Å². The molecule has 0 unspecified atom stereocenters. The van der Waals surface area contributed by atoms with E-state index >= 15 is 0 Å². The Kier molecular flexibility index (Phi) is 5.21. The van der Waals surface area contributed by atoms with E-state index < -0.39 is 0 Å². The fourth-order valence-electron chi connectivity index (χ4n) is 1.75. The fourth-order valence-corrected chi connectivity index (χ4v) is 2.42. The minimum atomic E-state index is -0.225. The number of nitrogens with zero attached hydrogens (tertiary/aromatic N) is 3. The summed E-state index contributed by atoms with van der Waals surface area (Å²) >= 11 is 1.52. The molecule has 1 amide bonds. The van der Waals surface area contributed by atoms with E-state index in [-0.39, 0.29) is 5.91 Å². The predicted octanol–water partition coefficient (Wildman–Crippen LogP) is 2.48. The smallest absolute Gasteiger partial charge is 0.270 e. The van der Waals surface area contributed by atoms with Crippen molar-refractivity contribution in [2.75, 3.05) is 17.8 Å². The maximum Gasteiger partial charge on any atom is 0.270 e. The molecule has 0 radical (unpaired) electrons. The van der Waals surface area contributed by atoms with Crippen molar-refractivity contribution >= 4 is 17.7 Å². The van der Waals surface area contributed by atoms with Gasteiger partial charge in [-0.05, 0) is 37.8 Å². The molecule has 2 rings (SSSR count). The molecular weight excluding hydrogens is 288 g/mol. The van der Waals surface area contributed by atoms with E-state index in [1.54, 1.807) is 29.8 Å². The summed E-state index contributed by atoms with van der Waals surface area (Å²) in [4.78, 5) is 12.3. The minimum Gasteiger partial charge on any atom is -0.494 e. The number of thioether (sulfide) groups is 1. The highest BCUT2D eigenvalue weighted by molar-refractivity contribution is 7.99. The third-order valence-corrected chi connectivity index (χ3v) is 3.50. The van der Waals surface area contributed by atoms with Gasteiger partial charge in [-0.2, -0.15) is 0 Å². The Hall–Kier alpha value is -2.02. The van der Waals surface area contributed by atoms with Crippen molar-refractivity contribution in [1.29, 1.82) is 0 Å². The van der Waals surface area contributed by atoms with Crippen LogP contribution in [0.5, 0.6) is 5.75 Å². The maximum atomic E-state index is 12.3. The first-order valence-electron chi connectivity index (χ1n) is 6.74. The molecule has 112 valence electrons. The predicted molar refractivity (Wildman–Crippen MR) is 82.5 cm³/mol. The van der Waals surface area contributed by atoms with Crippen molar-refractivity contribution in [1.82, 2.24) is 14.9 Å². The maximum absolute atomic E-state index is 12.3. The molecule has 1 N–H and O–H groups in total. The van der Waals surface area contributed by atoms with Crippen molar-refractivity contribution < 1.29 is 9.53 Å². The summed E-state index contributed by atoms with van der Waals surface area (Å²) in [6.07, 6.45) is 0. The zero-order valence-corrected chi connectivity index (χ0v) is 13.1. The van der Waals surface area contributed by atoms with E-state index in [2.05, 4.69) is 15.6 Å². The topological polar surface area (TPSA) is 69.0 Å². The standard InChI is InChI=1S/C14H18N4O2S/c1-4-20-12-8-6-7-11(9-12)13(19)17-18-10(3)15-16-14(18)21-5-2/h6-9H,4-5H2,1-3H3,(H,17,19). The van der Waals surface area contributed by atoms with Gasteiger partial charge in [0.25, 0.3) is 5.91 Å². The van der Waals surface area contributed by atoms with Crippen LogP contribution in [0, 0.1) is 6.92 Å². The Morgan fingerprint density at radius 1 is 1.38 bits per heavy atom. The SMILES string of the molecule is CCOc1cccc(C(=O)Nn2c(C)nnc2SCC)c1. The number of carbonyl (C=O) groups excluding carboxylic acids is 1. The van der Waals surface area contributed by atoms with Crippen LogP contribution in [0.3, 0.4) is 0 Å². The summed E-state index contributed by atoms with van der Waals surface area (Å²) in [6, 6.07) is 7.07. The van der Waals surface area contributed by atoms with E-state index in [9.17, 15) is 4.79 Å². The zero-order valence-electron chi connectivity index (χ0n) is 12.3. The third kappa shape index (κ3) is 3.75. The first-order valence-corrected chi connectivity index (χ1v) is 7.73. The lowest BCUT2D eigenvalue weighted by molar-refractivity contribution is 0.100. The van der Waals surface area contributed by atoms with Gasteiger partial charge in [-0.15, -0.1) is 10.2 Å². The largest absolute Gasteiger partial charge is 0.494 e. The van der Waals surface area contributed by atoms with Gasteiger partial charge in [0, 0.05) is 5.56 Å². The average molecular weight is 306 g/mol. The Balaban J connectivity index is 2.18. The number of carbonyl (C=O) groups is 1. The molecule has 1 heterocycles. The molecule has 0 aliphatic carbocycles. The highest BCUT2D eigenvalue weighted by atomic mass is 32.2. The van der Waals surface area contributed by atoms with Crippen molar-refractivity contribution in [2.24, 2.45) is 0 Å². The van der Waals surface area contributed by atoms with Gasteiger partial charge in [0.1, 0.15) is 11.6 Å². The minimum absolute atomic E-state index is 0.225. The highest BCUT2D eigenvalue weighted by Gasteiger charge is 2.13. The number of benzene rings is 1. The van der Waals surface area contributed by atoms with Crippen molar-refractivity contribution in [3.63, 3.8) is 0 Å². The summed E-state index contributed by atoms with van der Waals surface area (Å²) in [5.41, 5.74) is 3.33. The average Bonchev–Trinajstić information content (AvgIpc) is 2.81. The summed E-state index contributed by atoms with van der Waals surface area (Å²) in [7, 11) is 0. The second-order valence-electron chi connectivity index (χ2n) is 4.20. The molecule has 0 atom stereocenters. The van der Waals surface area contributed by atoms with Gasteiger partial charge in [0.15, 0.2) is 0 Å². The van der Waals surface area contributed by atoms with Gasteiger partial charge in [-0.3, -0.25) is 10.2 Å². The highest BCUT2D eigenvalue weighted by Crippen LogP contribution is 2.16. The van der Waals surface area contributed by atoms with Gasteiger partial charge in [-0.1, -0.05) is 24.8 Å². The first kappa shape index (κ1) is 15.4. The molecule has 6 nitrogen and oxygen atoms in total. The summed E-state index contributed by atoms with van der Waals surface area (Å²) in [5.74, 6) is 1.94. The van der Waals surface area contributed by atoms with Crippen LogP contribution in [-0.4, -0.2) is 33.1 Å². The summed E-state index contributed by atoms with van der Waals surface area (Å²) in [6.45, 7) is 6.28. The Morgan fingerprint density at radius 3 is 2.90 bits per heavy atom. The van der Waals surface area contributed by atoms with E-state index in [1.807, 2.05) is 19.9 Å². The number of ether oxygens (including phenoxy) is 1. The first-order chi connectivity index (χ1) is 10.2. The molecule has 0 fully saturated rings. The number of amides is 1. The third-order valence-electron chi connectivity index (χ3n) is 2.69. The van der Waals surface area contributed by atoms with Crippen LogP contribution in [0.25, 0.3) is 0 Å². The number of hydrogen-bond acceptors (Lipinski definition) is 5. The van der Waals surface area contributed by atoms with Crippen molar-refractivity contribution in [3.8, 4) is 5.75 Å². The lowest BCUT2D eigenvalue weighted by atomic mass is 10.2. The van der Waals surface area contributed by atoms with Crippen molar-refractivity contribution in [3.05, 3.63) is 35.7 Å². The van der Waals surface area contributed by atoms with Crippen LogP contribution in [-0.2, 0) is 0 Å². The molecule has 21 heavy (non-hydrogen) atoms. The van der Waals surface area contributed by atoms with Crippen LogP contribution in [0.4, 0.5) is 0 Å². The molecule has 1 aromatic carbocycles. The molecular formula is C14H18N4O2S. The van der Waals surface area contributed by atoms with Crippen LogP contribution in [0.1, 0.15) is 30.0 Å². The number of aryl methyl sites for hydroxylation is 1. The van der Waals surface area contributed by atoms with E-state index in [0.29, 0.717) is 28.9 Å². The lowest BCUT2D eigenvalue weighted by Gasteiger charge is -2.10. The molecule has 0 saturated heterocycles. The van der Waals surface area contributed by atoms with Gasteiger partial charge >= 0.3 is 0 Å². The van der Waals surface area contributed by atoms with Gasteiger partial charge < -0.3 is 4.74 Å². The summed E-state index contributed by atoms with van der Waals surface area (Å²) in [5, 5.41) is 8.69. The quantitative estimate of drug-likeness (QED) is 0.830. The normalized spacial score (nSPS) is 10.4. The molecule has 0 aliphatic rings. The molecule has 7 heteroatoms. The van der Waals surface area contributed by atoms with Crippen LogP contribution in [0.15, 0.2) is 29.4 Å². The van der Waals surface area contributed by atoms with E-state index in [0.717, 1.165) is 5.75 Å². The zero-order chi connectivity index (χ0) is 15.2. The molecule has 1 aromatic heterocycles. The molecule has 0 aliphatic heterocycles. The van der Waals surface area contributed by atoms with Crippen LogP contribution >= 0.6 is 11.8 Å². The van der Waals surface area contributed by atoms with Gasteiger partial charge in [0.2, 0.25) is 5.16 Å². The Morgan fingerprint density at radius 2 is 2.19 bits per heavy atom. The molecule has 0 spiro atoms.